The molecule has 0 bridgehead atoms. The van der Waals surface area contributed by atoms with Crippen LogP contribution in [0.3, 0.4) is 0 Å². The average molecular weight is 250 g/mol. The van der Waals surface area contributed by atoms with E-state index in [4.69, 9.17) is 5.73 Å². The maximum atomic E-state index is 9.49. The van der Waals surface area contributed by atoms with E-state index in [2.05, 4.69) is 49.9 Å². The molecule has 0 heterocycles. The molecule has 0 aliphatic heterocycles. The third-order valence-corrected chi connectivity index (χ3v) is 3.07. The van der Waals surface area contributed by atoms with E-state index >= 15 is 0 Å². The Morgan fingerprint density at radius 3 is 2.22 bits per heavy atom. The summed E-state index contributed by atoms with van der Waals surface area (Å²) >= 11 is 0. The van der Waals surface area contributed by atoms with Gasteiger partial charge in [-0.1, -0.05) is 45.0 Å². The maximum absolute atomic E-state index is 9.49. The van der Waals surface area contributed by atoms with Gasteiger partial charge in [0.05, 0.1) is 6.10 Å². The minimum Gasteiger partial charge on any atom is -0.390 e. The summed E-state index contributed by atoms with van der Waals surface area (Å²) in [5, 5.41) is 9.49. The molecule has 3 nitrogen and oxygen atoms in total. The van der Waals surface area contributed by atoms with Crippen molar-refractivity contribution >= 4 is 0 Å². The Bertz CT molecular complexity index is 354. The van der Waals surface area contributed by atoms with Crippen LogP contribution in [0.25, 0.3) is 0 Å². The molecule has 1 rings (SSSR count). The average Bonchev–Trinajstić information content (AvgIpc) is 2.28. The zero-order chi connectivity index (χ0) is 13.8. The number of hydrogen-bond acceptors (Lipinski definition) is 3. The predicted octanol–water partition coefficient (Wildman–Crippen LogP) is 1.74. The van der Waals surface area contributed by atoms with Gasteiger partial charge in [-0.3, -0.25) is 4.90 Å². The van der Waals surface area contributed by atoms with Crippen molar-refractivity contribution in [3.05, 3.63) is 35.4 Å². The van der Waals surface area contributed by atoms with Gasteiger partial charge in [0, 0.05) is 19.6 Å². The topological polar surface area (TPSA) is 49.5 Å². The summed E-state index contributed by atoms with van der Waals surface area (Å²) in [5.74, 6) is 0. The van der Waals surface area contributed by atoms with Crippen LogP contribution in [-0.4, -0.2) is 36.2 Å². The van der Waals surface area contributed by atoms with Crippen molar-refractivity contribution in [2.24, 2.45) is 5.73 Å². The molecule has 0 amide bonds. The van der Waals surface area contributed by atoms with E-state index in [1.54, 1.807) is 0 Å². The van der Waals surface area contributed by atoms with Gasteiger partial charge in [-0.15, -0.1) is 0 Å². The molecule has 0 fully saturated rings. The lowest BCUT2D eigenvalue weighted by atomic mass is 9.87. The third kappa shape index (κ3) is 4.77. The van der Waals surface area contributed by atoms with E-state index in [1.807, 2.05) is 7.05 Å². The van der Waals surface area contributed by atoms with Gasteiger partial charge in [0.2, 0.25) is 0 Å². The highest BCUT2D eigenvalue weighted by molar-refractivity contribution is 5.27. The normalized spacial score (nSPS) is 13.9. The number of rotatable bonds is 5. The molecule has 3 N–H and O–H groups in total. The number of nitrogens with zero attached hydrogens (tertiary/aromatic N) is 1. The van der Waals surface area contributed by atoms with Crippen molar-refractivity contribution < 1.29 is 5.11 Å². The smallest absolute Gasteiger partial charge is 0.0789 e. The predicted molar refractivity (Wildman–Crippen MR) is 76.5 cm³/mol. The Morgan fingerprint density at radius 2 is 1.78 bits per heavy atom. The number of nitrogens with two attached hydrogens (primary N) is 1. The number of hydrogen-bond donors (Lipinski definition) is 2. The van der Waals surface area contributed by atoms with Gasteiger partial charge in [-0.05, 0) is 23.6 Å². The molecule has 0 spiro atoms. The van der Waals surface area contributed by atoms with Gasteiger partial charge >= 0.3 is 0 Å². The van der Waals surface area contributed by atoms with Crippen LogP contribution in [0, 0.1) is 0 Å². The third-order valence-electron chi connectivity index (χ3n) is 3.07. The summed E-state index contributed by atoms with van der Waals surface area (Å²) in [4.78, 5) is 2.09. The second-order valence-corrected chi connectivity index (χ2v) is 6.03. The molecule has 1 aromatic rings. The van der Waals surface area contributed by atoms with Crippen molar-refractivity contribution in [2.45, 2.75) is 38.8 Å². The lowest BCUT2D eigenvalue weighted by Crippen LogP contribution is -2.33. The zero-order valence-corrected chi connectivity index (χ0v) is 12.0. The fourth-order valence-electron chi connectivity index (χ4n) is 1.92. The number of aliphatic hydroxyl groups excluding tert-OH is 1. The fraction of sp³-hybridized carbons (Fsp3) is 0.600. The second kappa shape index (κ2) is 6.32. The summed E-state index contributed by atoms with van der Waals surface area (Å²) in [5.41, 5.74) is 8.20. The molecule has 3 heteroatoms. The molecule has 102 valence electrons. The summed E-state index contributed by atoms with van der Waals surface area (Å²) < 4.78 is 0. The van der Waals surface area contributed by atoms with E-state index in [9.17, 15) is 5.11 Å². The zero-order valence-electron chi connectivity index (χ0n) is 12.0. The van der Waals surface area contributed by atoms with Gasteiger partial charge in [0.15, 0.2) is 0 Å². The summed E-state index contributed by atoms with van der Waals surface area (Å²) in [6.07, 6.45) is -0.441. The van der Waals surface area contributed by atoms with Crippen LogP contribution in [0.4, 0.5) is 0 Å². The molecular weight excluding hydrogens is 224 g/mol. The van der Waals surface area contributed by atoms with Gasteiger partial charge < -0.3 is 10.8 Å². The van der Waals surface area contributed by atoms with E-state index in [1.165, 1.54) is 11.1 Å². The summed E-state index contributed by atoms with van der Waals surface area (Å²) in [6, 6.07) is 8.68. The van der Waals surface area contributed by atoms with E-state index < -0.39 is 6.10 Å². The Morgan fingerprint density at radius 1 is 1.22 bits per heavy atom. The van der Waals surface area contributed by atoms with Crippen LogP contribution in [0.2, 0.25) is 0 Å². The van der Waals surface area contributed by atoms with Crippen molar-refractivity contribution in [1.29, 1.82) is 0 Å². The van der Waals surface area contributed by atoms with Gasteiger partial charge in [0.25, 0.3) is 0 Å². The highest BCUT2D eigenvalue weighted by atomic mass is 16.3. The van der Waals surface area contributed by atoms with Crippen LogP contribution in [0.1, 0.15) is 31.9 Å². The molecule has 1 unspecified atom stereocenters. The summed E-state index contributed by atoms with van der Waals surface area (Å²) in [6.45, 7) is 8.40. The number of likely N-dealkylation sites (N-methyl/N-ethyl adjacent to an activating group) is 1. The minimum atomic E-state index is -0.441. The van der Waals surface area contributed by atoms with Crippen molar-refractivity contribution in [3.63, 3.8) is 0 Å². The standard InChI is InChI=1S/C15H26N2O/c1-15(2,3)13-7-5-12(6-8-13)10-17(4)11-14(18)9-16/h5-8,14,18H,9-11,16H2,1-4H3. The summed E-state index contributed by atoms with van der Waals surface area (Å²) in [7, 11) is 2.00. The van der Waals surface area contributed by atoms with Crippen LogP contribution in [-0.2, 0) is 12.0 Å². The van der Waals surface area contributed by atoms with Gasteiger partial charge in [-0.2, -0.15) is 0 Å². The number of aliphatic hydroxyl groups is 1. The molecule has 0 saturated heterocycles. The molecule has 0 radical (unpaired) electrons. The van der Waals surface area contributed by atoms with Crippen molar-refractivity contribution in [2.75, 3.05) is 20.1 Å². The van der Waals surface area contributed by atoms with Crippen LogP contribution in [0.15, 0.2) is 24.3 Å². The van der Waals surface area contributed by atoms with E-state index in [-0.39, 0.29) is 5.41 Å². The first kappa shape index (κ1) is 15.2. The number of benzene rings is 1. The SMILES string of the molecule is CN(Cc1ccc(C(C)(C)C)cc1)CC(O)CN. The van der Waals surface area contributed by atoms with Crippen LogP contribution >= 0.6 is 0 Å². The lowest BCUT2D eigenvalue weighted by Gasteiger charge is -2.21. The Hall–Kier alpha value is -0.900. The van der Waals surface area contributed by atoms with Gasteiger partial charge in [-0.25, -0.2) is 0 Å². The first-order valence-corrected chi connectivity index (χ1v) is 6.49. The highest BCUT2D eigenvalue weighted by Crippen LogP contribution is 2.22. The Labute approximate surface area is 111 Å². The van der Waals surface area contributed by atoms with Crippen LogP contribution in [0.5, 0.6) is 0 Å². The molecule has 18 heavy (non-hydrogen) atoms. The van der Waals surface area contributed by atoms with E-state index in [0.29, 0.717) is 13.1 Å². The quantitative estimate of drug-likeness (QED) is 0.837. The lowest BCUT2D eigenvalue weighted by molar-refractivity contribution is 0.129. The molecule has 0 saturated carbocycles. The largest absolute Gasteiger partial charge is 0.390 e. The highest BCUT2D eigenvalue weighted by Gasteiger charge is 2.13. The maximum Gasteiger partial charge on any atom is 0.0789 e. The molecule has 0 aliphatic rings. The van der Waals surface area contributed by atoms with Crippen molar-refractivity contribution in [1.82, 2.24) is 4.90 Å². The molecule has 0 aromatic heterocycles. The molecule has 1 aromatic carbocycles. The van der Waals surface area contributed by atoms with E-state index in [0.717, 1.165) is 6.54 Å². The first-order chi connectivity index (χ1) is 8.32. The molecule has 1 atom stereocenters. The Kier molecular flexibility index (Phi) is 5.32. The molecule has 0 aliphatic carbocycles. The van der Waals surface area contributed by atoms with Crippen LogP contribution < -0.4 is 5.73 Å². The Balaban J connectivity index is 2.58. The van der Waals surface area contributed by atoms with Gasteiger partial charge in [0.1, 0.15) is 0 Å². The second-order valence-electron chi connectivity index (χ2n) is 6.03. The van der Waals surface area contributed by atoms with Crippen molar-refractivity contribution in [3.8, 4) is 0 Å². The monoisotopic (exact) mass is 250 g/mol. The first-order valence-electron chi connectivity index (χ1n) is 6.49. The molecular formula is C15H26N2O. The minimum absolute atomic E-state index is 0.195. The fourth-order valence-corrected chi connectivity index (χ4v) is 1.92.